The van der Waals surface area contributed by atoms with Crippen molar-refractivity contribution >= 4 is 16.9 Å². The van der Waals surface area contributed by atoms with Crippen LogP contribution in [0, 0.1) is 11.8 Å². The summed E-state index contributed by atoms with van der Waals surface area (Å²) in [6.07, 6.45) is 6.59. The highest BCUT2D eigenvalue weighted by atomic mass is 15.5. The Morgan fingerprint density at radius 2 is 2.00 bits per heavy atom. The second-order valence-electron chi connectivity index (χ2n) is 7.07. The number of aromatic nitrogens is 2. The van der Waals surface area contributed by atoms with Crippen LogP contribution in [0.4, 0.5) is 0 Å². The second-order valence-corrected chi connectivity index (χ2v) is 7.07. The van der Waals surface area contributed by atoms with Gasteiger partial charge in [0.25, 0.3) is 0 Å². The van der Waals surface area contributed by atoms with Gasteiger partial charge in [-0.05, 0) is 50.2 Å². The van der Waals surface area contributed by atoms with E-state index in [0.717, 1.165) is 28.6 Å². The lowest BCUT2D eigenvalue weighted by atomic mass is 9.64. The lowest BCUT2D eigenvalue weighted by Gasteiger charge is -2.49. The molecule has 1 aromatic carbocycles. The van der Waals surface area contributed by atoms with E-state index in [1.807, 2.05) is 6.07 Å². The van der Waals surface area contributed by atoms with Gasteiger partial charge in [-0.2, -0.15) is 5.10 Å². The maximum Gasteiger partial charge on any atom is 0.191 e. The van der Waals surface area contributed by atoms with Crippen LogP contribution in [0.15, 0.2) is 29.4 Å². The molecule has 6 rings (SSSR count). The molecule has 2 bridgehead atoms. The van der Waals surface area contributed by atoms with E-state index in [1.165, 1.54) is 32.1 Å². The van der Waals surface area contributed by atoms with Gasteiger partial charge in [0.1, 0.15) is 5.66 Å². The maximum atomic E-state index is 4.76. The Bertz CT molecular complexity index is 768. The van der Waals surface area contributed by atoms with E-state index in [2.05, 4.69) is 45.7 Å². The average molecular weight is 295 g/mol. The van der Waals surface area contributed by atoms with Crippen molar-refractivity contribution in [3.63, 3.8) is 0 Å². The predicted molar refractivity (Wildman–Crippen MR) is 86.3 cm³/mol. The number of aryl methyl sites for hydroxylation is 1. The summed E-state index contributed by atoms with van der Waals surface area (Å²) in [6, 6.07) is 8.24. The molecule has 3 aliphatic carbocycles. The SMILES string of the molecule is Cn1c(C2=NN[C@@]3(CC4CCC3CC4)N2)nc2ccccc21. The molecule has 0 saturated heterocycles. The lowest BCUT2D eigenvalue weighted by molar-refractivity contribution is 0.0394. The van der Waals surface area contributed by atoms with Crippen LogP contribution >= 0.6 is 0 Å². The molecular formula is C17H21N5. The summed E-state index contributed by atoms with van der Waals surface area (Å²) in [4.78, 5) is 4.76. The molecule has 4 aliphatic rings. The van der Waals surface area contributed by atoms with Gasteiger partial charge < -0.3 is 9.88 Å². The number of amidine groups is 1. The van der Waals surface area contributed by atoms with Gasteiger partial charge in [-0.15, -0.1) is 0 Å². The molecule has 2 N–H and O–H groups in total. The van der Waals surface area contributed by atoms with Crippen LogP contribution in [0.25, 0.3) is 11.0 Å². The zero-order chi connectivity index (χ0) is 14.7. The number of fused-ring (bicyclic) bond motifs is 3. The Labute approximate surface area is 129 Å². The quantitative estimate of drug-likeness (QED) is 0.849. The van der Waals surface area contributed by atoms with Gasteiger partial charge in [0.2, 0.25) is 0 Å². The molecule has 0 amide bonds. The van der Waals surface area contributed by atoms with Gasteiger partial charge in [0, 0.05) is 13.0 Å². The largest absolute Gasteiger partial charge is 0.342 e. The Morgan fingerprint density at radius 3 is 2.73 bits per heavy atom. The van der Waals surface area contributed by atoms with Crippen LogP contribution in [0.5, 0.6) is 0 Å². The number of nitrogens with zero attached hydrogens (tertiary/aromatic N) is 3. The summed E-state index contributed by atoms with van der Waals surface area (Å²) >= 11 is 0. The third kappa shape index (κ3) is 1.59. The van der Waals surface area contributed by atoms with Crippen molar-refractivity contribution in [3.8, 4) is 0 Å². The summed E-state index contributed by atoms with van der Waals surface area (Å²) in [5.74, 6) is 3.35. The van der Waals surface area contributed by atoms with Crippen LogP contribution in [0.1, 0.15) is 37.9 Å². The number of imidazole rings is 1. The maximum absolute atomic E-state index is 4.76. The van der Waals surface area contributed by atoms with Gasteiger partial charge in [-0.25, -0.2) is 4.98 Å². The van der Waals surface area contributed by atoms with Crippen molar-refractivity contribution in [2.24, 2.45) is 24.0 Å². The highest BCUT2D eigenvalue weighted by Crippen LogP contribution is 2.47. The summed E-state index contributed by atoms with van der Waals surface area (Å²) in [7, 11) is 2.06. The molecule has 5 heteroatoms. The number of para-hydroxylation sites is 2. The fourth-order valence-corrected chi connectivity index (χ4v) is 4.66. The molecule has 0 radical (unpaired) electrons. The van der Waals surface area contributed by atoms with Gasteiger partial charge in [0.05, 0.1) is 11.0 Å². The van der Waals surface area contributed by atoms with Gasteiger partial charge in [-0.1, -0.05) is 12.1 Å². The highest BCUT2D eigenvalue weighted by Gasteiger charge is 2.50. The fraction of sp³-hybridized carbons (Fsp3) is 0.529. The summed E-state index contributed by atoms with van der Waals surface area (Å²) in [5, 5.41) is 8.34. The van der Waals surface area contributed by atoms with E-state index in [-0.39, 0.29) is 5.66 Å². The number of nitrogens with one attached hydrogen (secondary N) is 2. The van der Waals surface area contributed by atoms with Crippen molar-refractivity contribution in [1.82, 2.24) is 20.3 Å². The summed E-state index contributed by atoms with van der Waals surface area (Å²) in [6.45, 7) is 0. The second kappa shape index (κ2) is 4.24. The smallest absolute Gasteiger partial charge is 0.191 e. The monoisotopic (exact) mass is 295 g/mol. The van der Waals surface area contributed by atoms with Gasteiger partial charge in [0.15, 0.2) is 11.7 Å². The zero-order valence-corrected chi connectivity index (χ0v) is 12.8. The first-order valence-electron chi connectivity index (χ1n) is 8.30. The predicted octanol–water partition coefficient (Wildman–Crippen LogP) is 2.33. The van der Waals surface area contributed by atoms with Crippen LogP contribution in [-0.4, -0.2) is 21.0 Å². The lowest BCUT2D eigenvalue weighted by Crippen LogP contribution is -2.62. The molecule has 2 aromatic rings. The van der Waals surface area contributed by atoms with Crippen LogP contribution in [0.3, 0.4) is 0 Å². The molecule has 0 unspecified atom stereocenters. The minimum absolute atomic E-state index is 0.0192. The zero-order valence-electron chi connectivity index (χ0n) is 12.8. The summed E-state index contributed by atoms with van der Waals surface area (Å²) in [5.41, 5.74) is 5.60. The normalized spacial score (nSPS) is 33.0. The Morgan fingerprint density at radius 1 is 1.18 bits per heavy atom. The molecule has 1 aromatic heterocycles. The number of hydrazone groups is 1. The molecule has 114 valence electrons. The molecule has 1 atom stereocenters. The first kappa shape index (κ1) is 12.5. The molecule has 2 heterocycles. The molecule has 1 spiro atoms. The van der Waals surface area contributed by atoms with E-state index in [9.17, 15) is 0 Å². The van der Waals surface area contributed by atoms with Crippen LogP contribution < -0.4 is 10.7 Å². The first-order valence-corrected chi connectivity index (χ1v) is 8.30. The summed E-state index contributed by atoms with van der Waals surface area (Å²) < 4.78 is 2.13. The number of benzene rings is 1. The minimum atomic E-state index is -0.0192. The van der Waals surface area contributed by atoms with Crippen molar-refractivity contribution in [1.29, 1.82) is 0 Å². The number of hydrogen-bond acceptors (Lipinski definition) is 4. The number of hydrogen-bond donors (Lipinski definition) is 2. The Kier molecular flexibility index (Phi) is 2.41. The van der Waals surface area contributed by atoms with Crippen molar-refractivity contribution in [2.45, 2.75) is 37.8 Å². The van der Waals surface area contributed by atoms with Crippen molar-refractivity contribution in [2.75, 3.05) is 0 Å². The third-order valence-corrected chi connectivity index (χ3v) is 5.86. The van der Waals surface area contributed by atoms with E-state index in [1.54, 1.807) is 0 Å². The fourth-order valence-electron chi connectivity index (χ4n) is 4.66. The average Bonchev–Trinajstić information content (AvgIpc) is 3.11. The molecule has 22 heavy (non-hydrogen) atoms. The van der Waals surface area contributed by atoms with E-state index in [4.69, 9.17) is 4.98 Å². The highest BCUT2D eigenvalue weighted by molar-refractivity contribution is 6.00. The van der Waals surface area contributed by atoms with E-state index in [0.29, 0.717) is 5.92 Å². The van der Waals surface area contributed by atoms with E-state index < -0.39 is 0 Å². The van der Waals surface area contributed by atoms with Crippen LogP contribution in [0.2, 0.25) is 0 Å². The molecule has 3 saturated carbocycles. The van der Waals surface area contributed by atoms with Gasteiger partial charge >= 0.3 is 0 Å². The van der Waals surface area contributed by atoms with E-state index >= 15 is 0 Å². The minimum Gasteiger partial charge on any atom is -0.342 e. The number of rotatable bonds is 1. The van der Waals surface area contributed by atoms with Crippen molar-refractivity contribution in [3.05, 3.63) is 30.1 Å². The third-order valence-electron chi connectivity index (χ3n) is 5.86. The molecular weight excluding hydrogens is 274 g/mol. The Balaban J connectivity index is 1.50. The molecule has 1 aliphatic heterocycles. The molecule has 5 nitrogen and oxygen atoms in total. The molecule has 3 fully saturated rings. The van der Waals surface area contributed by atoms with Crippen LogP contribution in [-0.2, 0) is 7.05 Å². The Hall–Kier alpha value is -2.04. The first-order chi connectivity index (χ1) is 10.8. The van der Waals surface area contributed by atoms with Gasteiger partial charge in [-0.3, -0.25) is 5.43 Å². The topological polar surface area (TPSA) is 54.2 Å². The van der Waals surface area contributed by atoms with Crippen molar-refractivity contribution < 1.29 is 0 Å². The standard InChI is InChI=1S/C17H21N5/c1-22-14-5-3-2-4-13(14)18-16(22)15-19-17(21-20-15)10-11-6-8-12(17)9-7-11/h2-5,11-12,21H,6-10H2,1H3,(H,19,20)/t11?,12?,17-/m1/s1.